The van der Waals surface area contributed by atoms with Crippen LogP contribution in [0.4, 0.5) is 0 Å². The summed E-state index contributed by atoms with van der Waals surface area (Å²) in [6.45, 7) is 2.78. The Balaban J connectivity index is 1.54. The van der Waals surface area contributed by atoms with Crippen molar-refractivity contribution in [3.63, 3.8) is 0 Å². The van der Waals surface area contributed by atoms with Crippen molar-refractivity contribution >= 4 is 29.1 Å². The molecule has 0 fully saturated rings. The number of benzene rings is 2. The van der Waals surface area contributed by atoms with Gasteiger partial charge in [-0.15, -0.1) is 0 Å². The zero-order valence-electron chi connectivity index (χ0n) is 13.6. The van der Waals surface area contributed by atoms with E-state index in [0.29, 0.717) is 40.5 Å². The number of carbonyl (C=O) groups is 1. The maximum absolute atomic E-state index is 12.1. The van der Waals surface area contributed by atoms with Gasteiger partial charge in [0.25, 0.3) is 5.91 Å². The minimum absolute atomic E-state index is 0.106. The van der Waals surface area contributed by atoms with Gasteiger partial charge in [-0.25, -0.2) is 0 Å². The van der Waals surface area contributed by atoms with Crippen LogP contribution in [0.15, 0.2) is 36.4 Å². The van der Waals surface area contributed by atoms with Crippen LogP contribution in [0.5, 0.6) is 17.2 Å². The van der Waals surface area contributed by atoms with E-state index in [9.17, 15) is 4.79 Å². The largest absolute Gasteiger partial charge is 0.486 e. The minimum Gasteiger partial charge on any atom is -0.486 e. The number of amides is 1. The lowest BCUT2D eigenvalue weighted by molar-refractivity contribution is -0.123. The minimum atomic E-state index is -0.242. The first kappa shape index (κ1) is 17.7. The zero-order valence-corrected chi connectivity index (χ0v) is 15.1. The Hall–Kier alpha value is -2.11. The van der Waals surface area contributed by atoms with Crippen LogP contribution in [-0.4, -0.2) is 25.7 Å². The molecular weight excluding hydrogens is 365 g/mol. The van der Waals surface area contributed by atoms with Crippen LogP contribution < -0.4 is 19.5 Å². The third-order valence-electron chi connectivity index (χ3n) is 3.70. The second-order valence-electron chi connectivity index (χ2n) is 5.56. The zero-order chi connectivity index (χ0) is 17.8. The first-order valence-corrected chi connectivity index (χ1v) is 8.55. The average molecular weight is 382 g/mol. The van der Waals surface area contributed by atoms with Crippen molar-refractivity contribution < 1.29 is 19.0 Å². The van der Waals surface area contributed by atoms with E-state index in [2.05, 4.69) is 5.32 Å². The summed E-state index contributed by atoms with van der Waals surface area (Å²) in [4.78, 5) is 12.1. The summed E-state index contributed by atoms with van der Waals surface area (Å²) < 4.78 is 16.4. The van der Waals surface area contributed by atoms with Crippen molar-refractivity contribution in [2.45, 2.75) is 13.0 Å². The molecule has 0 bridgehead atoms. The molecule has 1 aliphatic heterocycles. The fourth-order valence-electron chi connectivity index (χ4n) is 2.41. The van der Waals surface area contributed by atoms with Crippen molar-refractivity contribution in [3.05, 3.63) is 52.0 Å². The van der Waals surface area contributed by atoms with Crippen LogP contribution in [-0.2, 0) is 4.79 Å². The first-order valence-electron chi connectivity index (χ1n) is 7.79. The summed E-state index contributed by atoms with van der Waals surface area (Å²) in [5, 5.41) is 3.78. The summed E-state index contributed by atoms with van der Waals surface area (Å²) in [5.41, 5.74) is 0.863. The number of hydrogen-bond acceptors (Lipinski definition) is 4. The van der Waals surface area contributed by atoms with Crippen LogP contribution in [0.2, 0.25) is 10.0 Å². The molecule has 0 aliphatic carbocycles. The van der Waals surface area contributed by atoms with E-state index in [0.717, 1.165) is 5.56 Å². The van der Waals surface area contributed by atoms with Crippen molar-refractivity contribution in [1.82, 2.24) is 5.32 Å². The Labute approximate surface area is 155 Å². The number of hydrogen-bond donors (Lipinski definition) is 1. The molecule has 1 amide bonds. The van der Waals surface area contributed by atoms with Gasteiger partial charge >= 0.3 is 0 Å². The molecule has 0 saturated heterocycles. The van der Waals surface area contributed by atoms with Gasteiger partial charge in [0.05, 0.1) is 16.1 Å². The summed E-state index contributed by atoms with van der Waals surface area (Å²) >= 11 is 11.9. The van der Waals surface area contributed by atoms with Crippen LogP contribution in [0, 0.1) is 0 Å². The van der Waals surface area contributed by atoms with Crippen LogP contribution in [0.1, 0.15) is 18.5 Å². The highest BCUT2D eigenvalue weighted by Gasteiger charge is 2.14. The molecule has 5 nitrogen and oxygen atoms in total. The predicted octanol–water partition coefficient (Wildman–Crippen LogP) is 4.02. The molecule has 1 heterocycles. The van der Waals surface area contributed by atoms with Gasteiger partial charge in [0.15, 0.2) is 18.1 Å². The quantitative estimate of drug-likeness (QED) is 0.849. The smallest absolute Gasteiger partial charge is 0.258 e. The molecule has 1 unspecified atom stereocenters. The fourth-order valence-corrected chi connectivity index (χ4v) is 2.72. The highest BCUT2D eigenvalue weighted by atomic mass is 35.5. The number of nitrogens with one attached hydrogen (secondary N) is 1. The molecule has 3 rings (SSSR count). The number of carbonyl (C=O) groups excluding carboxylic acids is 1. The average Bonchev–Trinajstić information content (AvgIpc) is 2.62. The van der Waals surface area contributed by atoms with E-state index < -0.39 is 0 Å². The molecule has 0 radical (unpaired) electrons. The maximum Gasteiger partial charge on any atom is 0.258 e. The van der Waals surface area contributed by atoms with Crippen LogP contribution in [0.25, 0.3) is 0 Å². The van der Waals surface area contributed by atoms with Crippen molar-refractivity contribution in [3.8, 4) is 17.2 Å². The molecule has 1 aliphatic rings. The van der Waals surface area contributed by atoms with Crippen LogP contribution in [0.3, 0.4) is 0 Å². The molecule has 2 aromatic carbocycles. The topological polar surface area (TPSA) is 56.8 Å². The van der Waals surface area contributed by atoms with E-state index in [1.165, 1.54) is 0 Å². The Morgan fingerprint density at radius 1 is 1.12 bits per heavy atom. The summed E-state index contributed by atoms with van der Waals surface area (Å²) in [6, 6.07) is 10.3. The van der Waals surface area contributed by atoms with Crippen molar-refractivity contribution in [2.75, 3.05) is 19.8 Å². The molecule has 0 aromatic heterocycles. The normalized spacial score (nSPS) is 13.9. The highest BCUT2D eigenvalue weighted by Crippen LogP contribution is 2.33. The number of halogens is 2. The molecular formula is C18H17Cl2NO4. The summed E-state index contributed by atoms with van der Waals surface area (Å²) in [6.07, 6.45) is 0. The van der Waals surface area contributed by atoms with Gasteiger partial charge in [0, 0.05) is 6.07 Å². The van der Waals surface area contributed by atoms with Gasteiger partial charge in [0.1, 0.15) is 19.0 Å². The Morgan fingerprint density at radius 2 is 1.88 bits per heavy atom. The third kappa shape index (κ3) is 4.50. The molecule has 25 heavy (non-hydrogen) atoms. The Bertz CT molecular complexity index is 782. The van der Waals surface area contributed by atoms with E-state index in [1.54, 1.807) is 30.3 Å². The van der Waals surface area contributed by atoms with E-state index >= 15 is 0 Å². The SMILES string of the molecule is CC(NC(=O)COc1ccc2c(c1)OCCO2)c1ccc(Cl)c(Cl)c1. The lowest BCUT2D eigenvalue weighted by Gasteiger charge is -2.19. The number of rotatable bonds is 5. The monoisotopic (exact) mass is 381 g/mol. The lowest BCUT2D eigenvalue weighted by Crippen LogP contribution is -2.31. The molecule has 7 heteroatoms. The Morgan fingerprint density at radius 3 is 2.64 bits per heavy atom. The van der Waals surface area contributed by atoms with Gasteiger partial charge in [-0.05, 0) is 36.8 Å². The summed E-state index contributed by atoms with van der Waals surface area (Å²) in [7, 11) is 0. The second kappa shape index (κ2) is 7.85. The molecule has 132 valence electrons. The Kier molecular flexibility index (Phi) is 5.56. The van der Waals surface area contributed by atoms with Gasteiger partial charge in [-0.3, -0.25) is 4.79 Å². The van der Waals surface area contributed by atoms with E-state index in [-0.39, 0.29) is 18.6 Å². The predicted molar refractivity (Wildman–Crippen MR) is 95.9 cm³/mol. The van der Waals surface area contributed by atoms with Crippen molar-refractivity contribution in [2.24, 2.45) is 0 Å². The van der Waals surface area contributed by atoms with Crippen molar-refractivity contribution in [1.29, 1.82) is 0 Å². The van der Waals surface area contributed by atoms with Gasteiger partial charge in [0.2, 0.25) is 0 Å². The van der Waals surface area contributed by atoms with Crippen LogP contribution >= 0.6 is 23.2 Å². The molecule has 0 saturated carbocycles. The van der Waals surface area contributed by atoms with Gasteiger partial charge < -0.3 is 19.5 Å². The summed E-state index contributed by atoms with van der Waals surface area (Å²) in [5.74, 6) is 1.60. The van der Waals surface area contributed by atoms with Gasteiger partial charge in [-0.2, -0.15) is 0 Å². The molecule has 0 spiro atoms. The molecule has 1 N–H and O–H groups in total. The maximum atomic E-state index is 12.1. The second-order valence-corrected chi connectivity index (χ2v) is 6.37. The lowest BCUT2D eigenvalue weighted by atomic mass is 10.1. The molecule has 2 aromatic rings. The molecule has 1 atom stereocenters. The van der Waals surface area contributed by atoms with Gasteiger partial charge in [-0.1, -0.05) is 29.3 Å². The highest BCUT2D eigenvalue weighted by molar-refractivity contribution is 6.42. The number of fused-ring (bicyclic) bond motifs is 1. The fraction of sp³-hybridized carbons (Fsp3) is 0.278. The van der Waals surface area contributed by atoms with E-state index in [4.69, 9.17) is 37.4 Å². The van der Waals surface area contributed by atoms with E-state index in [1.807, 2.05) is 13.0 Å². The first-order chi connectivity index (χ1) is 12.0. The number of ether oxygens (including phenoxy) is 3. The third-order valence-corrected chi connectivity index (χ3v) is 4.44. The standard InChI is InChI=1S/C18H17Cl2NO4/c1-11(12-2-4-14(19)15(20)8-12)21-18(22)10-25-13-3-5-16-17(9-13)24-7-6-23-16/h2-5,8-9,11H,6-7,10H2,1H3,(H,21,22).